The lowest BCUT2D eigenvalue weighted by molar-refractivity contribution is -0.113. The van der Waals surface area contributed by atoms with Gasteiger partial charge in [-0.05, 0) is 66.2 Å². The molecule has 0 saturated heterocycles. The van der Waals surface area contributed by atoms with E-state index in [0.29, 0.717) is 22.4 Å². The fourth-order valence-electron chi connectivity index (χ4n) is 4.34. The second kappa shape index (κ2) is 12.6. The van der Waals surface area contributed by atoms with Gasteiger partial charge in [-0.3, -0.25) is 24.1 Å². The lowest BCUT2D eigenvalue weighted by Gasteiger charge is -2.15. The molecule has 5 rings (SSSR count). The molecule has 0 aromatic heterocycles. The summed E-state index contributed by atoms with van der Waals surface area (Å²) in [6.45, 7) is 0. The Kier molecular flexibility index (Phi) is 8.50. The minimum atomic E-state index is -0.501. The first-order valence-corrected chi connectivity index (χ1v) is 14.1. The van der Waals surface area contributed by atoms with Crippen molar-refractivity contribution < 1.29 is 19.2 Å². The molecule has 4 aromatic rings. The van der Waals surface area contributed by atoms with E-state index in [1.165, 1.54) is 16.7 Å². The van der Waals surface area contributed by atoms with Gasteiger partial charge in [-0.15, -0.1) is 11.8 Å². The summed E-state index contributed by atoms with van der Waals surface area (Å²) in [5.74, 6) is -1.43. The molecule has 210 valence electrons. The molecule has 1 heterocycles. The molecule has 9 heteroatoms. The summed E-state index contributed by atoms with van der Waals surface area (Å²) in [5.41, 5.74) is 3.53. The Hall–Kier alpha value is -5.15. The van der Waals surface area contributed by atoms with Crippen molar-refractivity contribution in [3.05, 3.63) is 131 Å². The summed E-state index contributed by atoms with van der Waals surface area (Å²) in [4.78, 5) is 55.7. The van der Waals surface area contributed by atoms with Gasteiger partial charge in [0.1, 0.15) is 5.70 Å². The Labute approximate surface area is 248 Å². The first kappa shape index (κ1) is 28.4. The molecular weight excluding hydrogens is 548 g/mol. The lowest BCUT2D eigenvalue weighted by Crippen LogP contribution is -2.30. The number of nitrogens with zero attached hydrogens (tertiary/aromatic N) is 2. The Morgan fingerprint density at radius 2 is 1.45 bits per heavy atom. The van der Waals surface area contributed by atoms with Gasteiger partial charge in [0.05, 0.1) is 17.0 Å². The number of amides is 4. The van der Waals surface area contributed by atoms with Crippen LogP contribution in [0.3, 0.4) is 0 Å². The van der Waals surface area contributed by atoms with Crippen LogP contribution in [0.5, 0.6) is 0 Å². The van der Waals surface area contributed by atoms with Crippen molar-refractivity contribution in [2.75, 3.05) is 30.2 Å². The van der Waals surface area contributed by atoms with Crippen LogP contribution in [0, 0.1) is 0 Å². The fourth-order valence-corrected chi connectivity index (χ4v) is 5.23. The summed E-state index contributed by atoms with van der Waals surface area (Å²) in [7, 11) is 3.88. The van der Waals surface area contributed by atoms with Crippen LogP contribution in [0.1, 0.15) is 36.6 Å². The Morgan fingerprint density at radius 3 is 2.10 bits per heavy atom. The zero-order valence-electron chi connectivity index (χ0n) is 23.0. The lowest BCUT2D eigenvalue weighted by atomic mass is 10.1. The molecule has 4 aromatic carbocycles. The normalized spacial score (nSPS) is 12.6. The van der Waals surface area contributed by atoms with Gasteiger partial charge in [-0.1, -0.05) is 48.5 Å². The molecular formula is C33H28N4O4S. The number of rotatable bonds is 9. The second-order valence-electron chi connectivity index (χ2n) is 9.70. The van der Waals surface area contributed by atoms with Crippen molar-refractivity contribution >= 4 is 52.8 Å². The first-order valence-electron chi connectivity index (χ1n) is 13.1. The molecule has 0 saturated carbocycles. The van der Waals surface area contributed by atoms with Crippen LogP contribution in [0.25, 0.3) is 6.08 Å². The number of nitrogens with one attached hydrogen (secondary N) is 2. The van der Waals surface area contributed by atoms with Crippen LogP contribution >= 0.6 is 11.8 Å². The summed E-state index contributed by atoms with van der Waals surface area (Å²) in [6, 6.07) is 30.1. The van der Waals surface area contributed by atoms with E-state index in [2.05, 4.69) is 10.6 Å². The van der Waals surface area contributed by atoms with Crippen LogP contribution in [-0.4, -0.2) is 48.5 Å². The first-order chi connectivity index (χ1) is 20.3. The molecule has 0 fully saturated rings. The van der Waals surface area contributed by atoms with E-state index >= 15 is 0 Å². The second-order valence-corrected chi connectivity index (χ2v) is 10.7. The molecule has 42 heavy (non-hydrogen) atoms. The molecule has 2 N–H and O–H groups in total. The molecule has 4 amide bonds. The Balaban J connectivity index is 1.31. The topological polar surface area (TPSA) is 98.8 Å². The predicted octanol–water partition coefficient (Wildman–Crippen LogP) is 5.51. The minimum Gasteiger partial charge on any atom is -0.378 e. The van der Waals surface area contributed by atoms with Crippen LogP contribution in [0.4, 0.5) is 11.4 Å². The number of anilines is 2. The number of carbonyl (C=O) groups is 4. The summed E-state index contributed by atoms with van der Waals surface area (Å²) >= 11 is 1.30. The molecule has 1 aliphatic heterocycles. The van der Waals surface area contributed by atoms with E-state index < -0.39 is 11.8 Å². The van der Waals surface area contributed by atoms with Crippen LogP contribution < -0.4 is 15.5 Å². The van der Waals surface area contributed by atoms with Crippen molar-refractivity contribution in [3.8, 4) is 0 Å². The average molecular weight is 577 g/mol. The summed E-state index contributed by atoms with van der Waals surface area (Å²) in [5, 5.41) is 5.61. The maximum Gasteiger partial charge on any atom is 0.272 e. The van der Waals surface area contributed by atoms with Gasteiger partial charge in [0.2, 0.25) is 0 Å². The monoisotopic (exact) mass is 576 g/mol. The third-order valence-corrected chi connectivity index (χ3v) is 7.55. The standard InChI is InChI=1S/C33H28N4O4S/c1-36(2)25-17-15-22(16-18-25)19-29(35-30(38)23-9-4-3-5-10-23)31(39)34-24-11-8-12-26(20-24)42-21-37-32(40)27-13-6-7-14-28(27)33(37)41/h3-20H,21H2,1-2H3,(H,34,39)(H,35,38)/b29-19+. The predicted molar refractivity (Wildman–Crippen MR) is 165 cm³/mol. The van der Waals surface area contributed by atoms with Crippen LogP contribution in [0.15, 0.2) is 114 Å². The number of carbonyl (C=O) groups excluding carboxylic acids is 4. The van der Waals surface area contributed by atoms with Crippen molar-refractivity contribution in [1.29, 1.82) is 0 Å². The van der Waals surface area contributed by atoms with Gasteiger partial charge in [0.15, 0.2) is 0 Å². The van der Waals surface area contributed by atoms with Gasteiger partial charge < -0.3 is 15.5 Å². The highest BCUT2D eigenvalue weighted by molar-refractivity contribution is 7.99. The highest BCUT2D eigenvalue weighted by Crippen LogP contribution is 2.28. The smallest absolute Gasteiger partial charge is 0.272 e. The van der Waals surface area contributed by atoms with Crippen LogP contribution in [-0.2, 0) is 4.79 Å². The number of imide groups is 1. The maximum atomic E-state index is 13.4. The van der Waals surface area contributed by atoms with Gasteiger partial charge in [-0.2, -0.15) is 0 Å². The summed E-state index contributed by atoms with van der Waals surface area (Å²) in [6.07, 6.45) is 1.62. The van der Waals surface area contributed by atoms with Gasteiger partial charge in [0, 0.05) is 35.9 Å². The molecule has 1 aliphatic rings. The molecule has 0 atom stereocenters. The third-order valence-electron chi connectivity index (χ3n) is 6.58. The Bertz CT molecular complexity index is 1650. The van der Waals surface area contributed by atoms with E-state index in [9.17, 15) is 19.2 Å². The van der Waals surface area contributed by atoms with Crippen molar-refractivity contribution in [3.63, 3.8) is 0 Å². The highest BCUT2D eigenvalue weighted by Gasteiger charge is 2.34. The zero-order chi connectivity index (χ0) is 29.6. The molecule has 0 radical (unpaired) electrons. The highest BCUT2D eigenvalue weighted by atomic mass is 32.2. The van der Waals surface area contributed by atoms with E-state index in [-0.39, 0.29) is 23.4 Å². The van der Waals surface area contributed by atoms with E-state index in [0.717, 1.165) is 16.1 Å². The summed E-state index contributed by atoms with van der Waals surface area (Å²) < 4.78 is 0. The number of hydrogen-bond donors (Lipinski definition) is 2. The quantitative estimate of drug-likeness (QED) is 0.155. The molecule has 0 unspecified atom stereocenters. The zero-order valence-corrected chi connectivity index (χ0v) is 23.9. The average Bonchev–Trinajstić information content (AvgIpc) is 3.25. The van der Waals surface area contributed by atoms with Crippen LogP contribution in [0.2, 0.25) is 0 Å². The Morgan fingerprint density at radius 1 is 0.810 bits per heavy atom. The molecule has 0 bridgehead atoms. The van der Waals surface area contributed by atoms with Crippen molar-refractivity contribution in [2.24, 2.45) is 0 Å². The number of benzene rings is 4. The van der Waals surface area contributed by atoms with Gasteiger partial charge in [0.25, 0.3) is 23.6 Å². The maximum absolute atomic E-state index is 13.4. The SMILES string of the molecule is CN(C)c1ccc(/C=C(/NC(=O)c2ccccc2)C(=O)Nc2cccc(SCN3C(=O)c4ccccc4C3=O)c2)cc1. The molecule has 8 nitrogen and oxygen atoms in total. The van der Waals surface area contributed by atoms with Crippen molar-refractivity contribution in [2.45, 2.75) is 4.90 Å². The van der Waals surface area contributed by atoms with E-state index in [1.54, 1.807) is 72.8 Å². The van der Waals surface area contributed by atoms with Crippen molar-refractivity contribution in [1.82, 2.24) is 10.2 Å². The van der Waals surface area contributed by atoms with E-state index in [4.69, 9.17) is 0 Å². The number of fused-ring (bicyclic) bond motifs is 1. The van der Waals surface area contributed by atoms with Gasteiger partial charge in [-0.25, -0.2) is 0 Å². The molecule has 0 spiro atoms. The minimum absolute atomic E-state index is 0.0746. The van der Waals surface area contributed by atoms with E-state index in [1.807, 2.05) is 55.4 Å². The largest absolute Gasteiger partial charge is 0.378 e. The number of hydrogen-bond acceptors (Lipinski definition) is 6. The number of thioether (sulfide) groups is 1. The molecule has 0 aliphatic carbocycles. The fraction of sp³-hybridized carbons (Fsp3) is 0.0909. The third kappa shape index (κ3) is 6.42. The van der Waals surface area contributed by atoms with Gasteiger partial charge >= 0.3 is 0 Å².